The lowest BCUT2D eigenvalue weighted by Gasteiger charge is -2.13. The van der Waals surface area contributed by atoms with Gasteiger partial charge in [-0.15, -0.1) is 0 Å². The largest absolute Gasteiger partial charge is 0.273 e. The molecule has 0 aliphatic rings. The van der Waals surface area contributed by atoms with Crippen LogP contribution in [0.2, 0.25) is 0 Å². The summed E-state index contributed by atoms with van der Waals surface area (Å²) in [5.74, 6) is -0.0592. The molecule has 0 aromatic heterocycles. The average Bonchev–Trinajstić information content (AvgIpc) is 1.88. The van der Waals surface area contributed by atoms with E-state index in [2.05, 4.69) is 6.92 Å². The Labute approximate surface area is 61.9 Å². The number of hydrogen-bond acceptors (Lipinski definition) is 2. The van der Waals surface area contributed by atoms with Gasteiger partial charge in [0.05, 0.1) is 6.61 Å². The molecule has 0 atom stereocenters. The van der Waals surface area contributed by atoms with Gasteiger partial charge in [-0.1, -0.05) is 13.3 Å². The van der Waals surface area contributed by atoms with E-state index in [-0.39, 0.29) is 5.91 Å². The number of carbonyl (C=O) groups excluding carboxylic acids is 1. The van der Waals surface area contributed by atoms with Gasteiger partial charge in [0.1, 0.15) is 0 Å². The molecule has 1 amide bonds. The van der Waals surface area contributed by atoms with Crippen LogP contribution in [0.5, 0.6) is 0 Å². The second-order valence-corrected chi connectivity index (χ2v) is 2.20. The average molecular weight is 145 g/mol. The summed E-state index contributed by atoms with van der Waals surface area (Å²) in [5, 5.41) is 1.26. The molecule has 0 fully saturated rings. The first kappa shape index (κ1) is 9.43. The minimum absolute atomic E-state index is 0.0592. The van der Waals surface area contributed by atoms with E-state index < -0.39 is 0 Å². The van der Waals surface area contributed by atoms with Crippen molar-refractivity contribution in [3.05, 3.63) is 0 Å². The third-order valence-corrected chi connectivity index (χ3v) is 1.23. The lowest BCUT2D eigenvalue weighted by Crippen LogP contribution is -2.24. The van der Waals surface area contributed by atoms with E-state index in [0.717, 1.165) is 12.8 Å². The van der Waals surface area contributed by atoms with Gasteiger partial charge in [0, 0.05) is 14.0 Å². The van der Waals surface area contributed by atoms with Crippen LogP contribution in [0.25, 0.3) is 0 Å². The second-order valence-electron chi connectivity index (χ2n) is 2.20. The Morgan fingerprint density at radius 2 is 2.20 bits per heavy atom. The van der Waals surface area contributed by atoms with Crippen LogP contribution in [0.15, 0.2) is 0 Å². The normalized spacial score (nSPS) is 9.50. The molecule has 0 saturated carbocycles. The number of hydrogen-bond donors (Lipinski definition) is 0. The molecule has 0 aliphatic carbocycles. The highest BCUT2D eigenvalue weighted by atomic mass is 16.7. The fourth-order valence-electron chi connectivity index (χ4n) is 0.437. The quantitative estimate of drug-likeness (QED) is 0.439. The van der Waals surface area contributed by atoms with Gasteiger partial charge in [0.25, 0.3) is 0 Å². The lowest BCUT2D eigenvalue weighted by atomic mass is 10.4. The molecule has 3 heteroatoms. The van der Waals surface area contributed by atoms with Crippen molar-refractivity contribution in [3.63, 3.8) is 0 Å². The smallest absolute Gasteiger partial charge is 0.242 e. The minimum atomic E-state index is -0.0592. The zero-order chi connectivity index (χ0) is 7.98. The molecule has 3 nitrogen and oxygen atoms in total. The molecule has 0 heterocycles. The van der Waals surface area contributed by atoms with Crippen molar-refractivity contribution in [1.29, 1.82) is 0 Å². The van der Waals surface area contributed by atoms with E-state index in [9.17, 15) is 4.79 Å². The minimum Gasteiger partial charge on any atom is -0.273 e. The highest BCUT2D eigenvalue weighted by Crippen LogP contribution is 1.91. The Morgan fingerprint density at radius 1 is 1.60 bits per heavy atom. The molecular formula is C7H15NO2. The van der Waals surface area contributed by atoms with Crippen molar-refractivity contribution >= 4 is 5.91 Å². The Morgan fingerprint density at radius 3 is 2.60 bits per heavy atom. The molecule has 0 radical (unpaired) electrons. The zero-order valence-corrected chi connectivity index (χ0v) is 6.89. The van der Waals surface area contributed by atoms with Crippen molar-refractivity contribution in [2.45, 2.75) is 26.7 Å². The summed E-state index contributed by atoms with van der Waals surface area (Å²) >= 11 is 0. The molecule has 0 N–H and O–H groups in total. The van der Waals surface area contributed by atoms with E-state index in [1.165, 1.54) is 12.0 Å². The Balaban J connectivity index is 3.21. The summed E-state index contributed by atoms with van der Waals surface area (Å²) in [6.07, 6.45) is 2.09. The van der Waals surface area contributed by atoms with Crippen molar-refractivity contribution in [2.75, 3.05) is 13.7 Å². The van der Waals surface area contributed by atoms with Gasteiger partial charge in [0.2, 0.25) is 5.91 Å². The maximum Gasteiger partial charge on any atom is 0.242 e. The SMILES string of the molecule is CCCCON(C)C(C)=O. The van der Waals surface area contributed by atoms with Crippen LogP contribution >= 0.6 is 0 Å². The van der Waals surface area contributed by atoms with Gasteiger partial charge in [0.15, 0.2) is 0 Å². The molecule has 0 aromatic carbocycles. The van der Waals surface area contributed by atoms with Crippen LogP contribution in [-0.4, -0.2) is 24.6 Å². The second kappa shape index (κ2) is 5.23. The van der Waals surface area contributed by atoms with Crippen LogP contribution < -0.4 is 0 Å². The number of nitrogens with zero attached hydrogens (tertiary/aromatic N) is 1. The summed E-state index contributed by atoms with van der Waals surface area (Å²) in [6.45, 7) is 4.19. The fraction of sp³-hybridized carbons (Fsp3) is 0.857. The van der Waals surface area contributed by atoms with Crippen molar-refractivity contribution < 1.29 is 9.63 Å². The van der Waals surface area contributed by atoms with Crippen molar-refractivity contribution in [1.82, 2.24) is 5.06 Å². The molecular weight excluding hydrogens is 130 g/mol. The summed E-state index contributed by atoms with van der Waals surface area (Å²) < 4.78 is 0. The molecule has 0 bridgehead atoms. The Kier molecular flexibility index (Phi) is 4.94. The van der Waals surface area contributed by atoms with Crippen molar-refractivity contribution in [2.24, 2.45) is 0 Å². The van der Waals surface area contributed by atoms with E-state index in [1.807, 2.05) is 0 Å². The Bertz CT molecular complexity index is 104. The van der Waals surface area contributed by atoms with Gasteiger partial charge in [-0.25, -0.2) is 5.06 Å². The van der Waals surface area contributed by atoms with E-state index >= 15 is 0 Å². The summed E-state index contributed by atoms with van der Waals surface area (Å²) in [7, 11) is 1.62. The maximum absolute atomic E-state index is 10.5. The Hall–Kier alpha value is -0.570. The number of carbonyl (C=O) groups is 1. The number of unbranched alkanes of at least 4 members (excludes halogenated alkanes) is 1. The lowest BCUT2D eigenvalue weighted by molar-refractivity contribution is -0.176. The van der Waals surface area contributed by atoms with Crippen LogP contribution in [-0.2, 0) is 9.63 Å². The maximum atomic E-state index is 10.5. The van der Waals surface area contributed by atoms with Crippen molar-refractivity contribution in [3.8, 4) is 0 Å². The first-order valence-electron chi connectivity index (χ1n) is 3.55. The van der Waals surface area contributed by atoms with E-state index in [4.69, 9.17) is 4.84 Å². The van der Waals surface area contributed by atoms with Gasteiger partial charge in [-0.3, -0.25) is 9.63 Å². The molecule has 0 aliphatic heterocycles. The first-order chi connectivity index (χ1) is 4.68. The molecule has 0 rings (SSSR count). The number of amides is 1. The fourth-order valence-corrected chi connectivity index (χ4v) is 0.437. The van der Waals surface area contributed by atoms with Gasteiger partial charge < -0.3 is 0 Å². The molecule has 10 heavy (non-hydrogen) atoms. The third-order valence-electron chi connectivity index (χ3n) is 1.23. The molecule has 0 aromatic rings. The third kappa shape index (κ3) is 4.32. The van der Waals surface area contributed by atoms with Gasteiger partial charge >= 0.3 is 0 Å². The topological polar surface area (TPSA) is 29.5 Å². The van der Waals surface area contributed by atoms with Crippen LogP contribution in [0, 0.1) is 0 Å². The standard InChI is InChI=1S/C7H15NO2/c1-4-5-6-10-8(3)7(2)9/h4-6H2,1-3H3. The van der Waals surface area contributed by atoms with Crippen LogP contribution in [0.3, 0.4) is 0 Å². The van der Waals surface area contributed by atoms with Crippen LogP contribution in [0.4, 0.5) is 0 Å². The molecule has 0 unspecified atom stereocenters. The van der Waals surface area contributed by atoms with Gasteiger partial charge in [-0.05, 0) is 6.42 Å². The summed E-state index contributed by atoms with van der Waals surface area (Å²) in [4.78, 5) is 15.6. The zero-order valence-electron chi connectivity index (χ0n) is 6.89. The van der Waals surface area contributed by atoms with E-state index in [0.29, 0.717) is 6.61 Å². The molecule has 0 spiro atoms. The predicted molar refractivity (Wildman–Crippen MR) is 39.3 cm³/mol. The monoisotopic (exact) mass is 145 g/mol. The van der Waals surface area contributed by atoms with Crippen LogP contribution in [0.1, 0.15) is 26.7 Å². The number of rotatable bonds is 4. The summed E-state index contributed by atoms with van der Waals surface area (Å²) in [6, 6.07) is 0. The molecule has 0 saturated heterocycles. The summed E-state index contributed by atoms with van der Waals surface area (Å²) in [5.41, 5.74) is 0. The van der Waals surface area contributed by atoms with Gasteiger partial charge in [-0.2, -0.15) is 0 Å². The molecule has 60 valence electrons. The van der Waals surface area contributed by atoms with E-state index in [1.54, 1.807) is 7.05 Å². The highest BCUT2D eigenvalue weighted by Gasteiger charge is 1.99. The predicted octanol–water partition coefficient (Wildman–Crippen LogP) is 1.20. The highest BCUT2D eigenvalue weighted by molar-refractivity contribution is 5.71. The number of hydroxylamine groups is 2. The first-order valence-corrected chi connectivity index (χ1v) is 3.55.